The first-order valence-corrected chi connectivity index (χ1v) is 11.5. The van der Waals surface area contributed by atoms with Gasteiger partial charge < -0.3 is 14.9 Å². The van der Waals surface area contributed by atoms with Gasteiger partial charge in [-0.1, -0.05) is 75.4 Å². The minimum atomic E-state index is -1.11. The predicted molar refractivity (Wildman–Crippen MR) is 136 cm³/mol. The lowest BCUT2D eigenvalue weighted by Crippen LogP contribution is -2.29. The molecule has 0 unspecified atom stereocenters. The zero-order chi connectivity index (χ0) is 26.0. The first kappa shape index (κ1) is 24.7. The van der Waals surface area contributed by atoms with Crippen LogP contribution in [0.25, 0.3) is 5.76 Å². The molecule has 0 bridgehead atoms. The summed E-state index contributed by atoms with van der Waals surface area (Å²) in [7, 11) is 0. The van der Waals surface area contributed by atoms with E-state index < -0.39 is 30.3 Å². The topological polar surface area (TPSA) is 104 Å². The molecule has 1 aliphatic rings. The van der Waals surface area contributed by atoms with Gasteiger partial charge in [0.2, 0.25) is 0 Å². The molecule has 7 nitrogen and oxygen atoms in total. The molecular formula is C29H27NO6. The highest BCUT2D eigenvalue weighted by atomic mass is 16.5. The third-order valence-corrected chi connectivity index (χ3v) is 6.06. The number of benzene rings is 3. The first-order valence-electron chi connectivity index (χ1n) is 11.5. The van der Waals surface area contributed by atoms with E-state index in [-0.39, 0.29) is 16.7 Å². The molecule has 2 N–H and O–H groups in total. The molecule has 0 aromatic heterocycles. The molecule has 1 amide bonds. The molecule has 1 aliphatic heterocycles. The number of amides is 1. The number of nitrogens with zero attached hydrogens (tertiary/aromatic N) is 1. The Hall–Kier alpha value is -4.39. The van der Waals surface area contributed by atoms with E-state index in [0.717, 1.165) is 5.56 Å². The van der Waals surface area contributed by atoms with Gasteiger partial charge >= 0.3 is 5.97 Å². The summed E-state index contributed by atoms with van der Waals surface area (Å²) in [5, 5.41) is 20.0. The van der Waals surface area contributed by atoms with Gasteiger partial charge in [-0.05, 0) is 40.8 Å². The highest BCUT2D eigenvalue weighted by Gasteiger charge is 2.47. The Bertz CT molecular complexity index is 1320. The molecule has 3 aromatic rings. The number of anilines is 1. The van der Waals surface area contributed by atoms with E-state index in [2.05, 4.69) is 20.8 Å². The van der Waals surface area contributed by atoms with E-state index in [1.165, 1.54) is 17.0 Å². The van der Waals surface area contributed by atoms with Crippen molar-refractivity contribution in [3.8, 4) is 5.75 Å². The van der Waals surface area contributed by atoms with Gasteiger partial charge in [0.05, 0.1) is 11.6 Å². The lowest BCUT2D eigenvalue weighted by molar-refractivity contribution is -0.139. The number of ketones is 1. The van der Waals surface area contributed by atoms with Crippen LogP contribution in [0.1, 0.15) is 43.5 Å². The summed E-state index contributed by atoms with van der Waals surface area (Å²) in [5.41, 5.74) is 2.52. The number of hydrogen-bond donors (Lipinski definition) is 2. The number of hydrogen-bond acceptors (Lipinski definition) is 5. The van der Waals surface area contributed by atoms with Crippen molar-refractivity contribution in [2.24, 2.45) is 0 Å². The number of Topliss-reactive ketones (excluding diaryl/α,β-unsaturated/α-hetero) is 1. The minimum absolute atomic E-state index is 0.000845. The Kier molecular flexibility index (Phi) is 6.66. The fraction of sp³-hybridized carbons (Fsp3) is 0.207. The average Bonchev–Trinajstić information content (AvgIpc) is 3.13. The number of carbonyl (C=O) groups is 3. The van der Waals surface area contributed by atoms with Crippen LogP contribution in [-0.4, -0.2) is 34.5 Å². The van der Waals surface area contributed by atoms with Crippen LogP contribution in [-0.2, 0) is 19.8 Å². The van der Waals surface area contributed by atoms with E-state index in [4.69, 9.17) is 9.84 Å². The predicted octanol–water partition coefficient (Wildman–Crippen LogP) is 5.07. The van der Waals surface area contributed by atoms with Gasteiger partial charge in [0.15, 0.2) is 6.61 Å². The van der Waals surface area contributed by atoms with Crippen molar-refractivity contribution < 1.29 is 29.3 Å². The van der Waals surface area contributed by atoms with Crippen molar-refractivity contribution in [2.45, 2.75) is 32.2 Å². The molecule has 1 fully saturated rings. The van der Waals surface area contributed by atoms with Gasteiger partial charge in [0, 0.05) is 11.3 Å². The van der Waals surface area contributed by atoms with Crippen molar-refractivity contribution in [2.75, 3.05) is 11.5 Å². The van der Waals surface area contributed by atoms with E-state index in [9.17, 15) is 19.5 Å². The lowest BCUT2D eigenvalue weighted by atomic mass is 9.85. The molecule has 184 valence electrons. The highest BCUT2D eigenvalue weighted by Crippen LogP contribution is 2.42. The van der Waals surface area contributed by atoms with Crippen LogP contribution in [0.4, 0.5) is 5.69 Å². The van der Waals surface area contributed by atoms with Crippen molar-refractivity contribution in [3.63, 3.8) is 0 Å². The molecule has 1 atom stereocenters. The molecule has 0 saturated carbocycles. The molecule has 4 rings (SSSR count). The zero-order valence-electron chi connectivity index (χ0n) is 20.3. The highest BCUT2D eigenvalue weighted by molar-refractivity contribution is 6.51. The fourth-order valence-corrected chi connectivity index (χ4v) is 4.18. The number of ether oxygens (including phenoxy) is 1. The van der Waals surface area contributed by atoms with Crippen LogP contribution in [0, 0.1) is 0 Å². The SMILES string of the molecule is CC(C)(C)c1ccc([C@H]2C(=C(O)c3ccccc3)C(=O)C(=O)N2c2ccc(OCC(=O)O)cc2)cc1. The Balaban J connectivity index is 1.83. The monoisotopic (exact) mass is 485 g/mol. The van der Waals surface area contributed by atoms with E-state index in [1.807, 2.05) is 24.3 Å². The van der Waals surface area contributed by atoms with Crippen LogP contribution in [0.2, 0.25) is 0 Å². The Morgan fingerprint density at radius 2 is 1.50 bits per heavy atom. The largest absolute Gasteiger partial charge is 0.507 e. The van der Waals surface area contributed by atoms with E-state index in [1.54, 1.807) is 42.5 Å². The Morgan fingerprint density at radius 1 is 0.889 bits per heavy atom. The molecule has 0 spiro atoms. The van der Waals surface area contributed by atoms with Crippen LogP contribution in [0.15, 0.2) is 84.4 Å². The Morgan fingerprint density at radius 3 is 2.06 bits per heavy atom. The van der Waals surface area contributed by atoms with Gasteiger partial charge in [0.25, 0.3) is 11.7 Å². The molecule has 0 radical (unpaired) electrons. The summed E-state index contributed by atoms with van der Waals surface area (Å²) < 4.78 is 5.19. The van der Waals surface area contributed by atoms with E-state index >= 15 is 0 Å². The Labute approximate surface area is 209 Å². The van der Waals surface area contributed by atoms with Crippen LogP contribution in [0.5, 0.6) is 5.75 Å². The average molecular weight is 486 g/mol. The maximum atomic E-state index is 13.3. The van der Waals surface area contributed by atoms with E-state index in [0.29, 0.717) is 22.6 Å². The van der Waals surface area contributed by atoms with Gasteiger partial charge in [-0.2, -0.15) is 0 Å². The second-order valence-corrected chi connectivity index (χ2v) is 9.58. The second kappa shape index (κ2) is 9.70. The summed E-state index contributed by atoms with van der Waals surface area (Å²) in [6.07, 6.45) is 0. The number of aliphatic hydroxyl groups is 1. The zero-order valence-corrected chi connectivity index (χ0v) is 20.3. The van der Waals surface area contributed by atoms with Gasteiger partial charge in [-0.25, -0.2) is 4.79 Å². The summed E-state index contributed by atoms with van der Waals surface area (Å²) >= 11 is 0. The number of aliphatic hydroxyl groups excluding tert-OH is 1. The van der Waals surface area contributed by atoms with Crippen LogP contribution < -0.4 is 9.64 Å². The van der Waals surface area contributed by atoms with Crippen LogP contribution in [0.3, 0.4) is 0 Å². The lowest BCUT2D eigenvalue weighted by Gasteiger charge is -2.26. The number of rotatable bonds is 6. The first-order chi connectivity index (χ1) is 17.1. The number of aliphatic carboxylic acids is 1. The fourth-order valence-electron chi connectivity index (χ4n) is 4.18. The quantitative estimate of drug-likeness (QED) is 0.287. The maximum Gasteiger partial charge on any atom is 0.341 e. The summed E-state index contributed by atoms with van der Waals surface area (Å²) in [6.45, 7) is 5.79. The maximum absolute atomic E-state index is 13.3. The molecule has 1 heterocycles. The number of carboxylic acid groups (broad SMARTS) is 1. The molecule has 36 heavy (non-hydrogen) atoms. The minimum Gasteiger partial charge on any atom is -0.507 e. The summed E-state index contributed by atoms with van der Waals surface area (Å²) in [4.78, 5) is 38.7. The van der Waals surface area contributed by atoms with Gasteiger partial charge in [0.1, 0.15) is 11.5 Å². The van der Waals surface area contributed by atoms with Crippen molar-refractivity contribution in [1.29, 1.82) is 0 Å². The van der Waals surface area contributed by atoms with Crippen molar-refractivity contribution in [1.82, 2.24) is 0 Å². The van der Waals surface area contributed by atoms with Gasteiger partial charge in [-0.3, -0.25) is 14.5 Å². The third kappa shape index (κ3) is 4.86. The van der Waals surface area contributed by atoms with Crippen molar-refractivity contribution in [3.05, 3.63) is 101 Å². The standard InChI is InChI=1S/C29H27NO6/c1-29(2,3)20-11-9-18(10-12-20)25-24(26(33)19-7-5-4-6-8-19)27(34)28(35)30(25)21-13-15-22(16-14-21)36-17-23(31)32/h4-16,25,33H,17H2,1-3H3,(H,31,32)/t25-/m0/s1. The third-order valence-electron chi connectivity index (χ3n) is 6.06. The molecular weight excluding hydrogens is 458 g/mol. The summed E-state index contributed by atoms with van der Waals surface area (Å²) in [6, 6.07) is 21.7. The smallest absolute Gasteiger partial charge is 0.341 e. The second-order valence-electron chi connectivity index (χ2n) is 9.58. The van der Waals surface area contributed by atoms with Crippen LogP contribution >= 0.6 is 0 Å². The number of carbonyl (C=O) groups excluding carboxylic acids is 2. The van der Waals surface area contributed by atoms with Crippen molar-refractivity contribution >= 4 is 29.1 Å². The van der Waals surface area contributed by atoms with Gasteiger partial charge in [-0.15, -0.1) is 0 Å². The molecule has 7 heteroatoms. The normalized spacial score (nSPS) is 17.3. The number of carboxylic acids is 1. The molecule has 3 aromatic carbocycles. The molecule has 0 aliphatic carbocycles. The summed E-state index contributed by atoms with van der Waals surface area (Å²) in [5.74, 6) is -2.59. The molecule has 1 saturated heterocycles.